The Hall–Kier alpha value is -2.26. The lowest BCUT2D eigenvalue weighted by Crippen LogP contribution is -2.58. The zero-order valence-corrected chi connectivity index (χ0v) is 14.4. The Morgan fingerprint density at radius 2 is 1.92 bits per heavy atom. The van der Waals surface area contributed by atoms with Crippen LogP contribution in [0.3, 0.4) is 0 Å². The Bertz CT molecular complexity index is 824. The van der Waals surface area contributed by atoms with Crippen molar-refractivity contribution in [3.63, 3.8) is 0 Å². The van der Waals surface area contributed by atoms with Crippen LogP contribution in [0, 0.1) is 0 Å². The lowest BCUT2D eigenvalue weighted by Gasteiger charge is -2.45. The summed E-state index contributed by atoms with van der Waals surface area (Å²) in [6.07, 6.45) is 5.00. The Balaban J connectivity index is 1.80. The monoisotopic (exact) mass is 321 g/mol. The summed E-state index contributed by atoms with van der Waals surface area (Å²) in [7, 11) is 2.10. The van der Waals surface area contributed by atoms with Crippen LogP contribution in [0.2, 0.25) is 0 Å². The Morgan fingerprint density at radius 1 is 1.12 bits per heavy atom. The number of nitrogens with zero attached hydrogens (tertiary/aromatic N) is 1. The summed E-state index contributed by atoms with van der Waals surface area (Å²) in [5, 5.41) is 9.14. The molecule has 0 saturated heterocycles. The standard InChI is InChI=1S/C21H23NO2/c1-20(2)17-6-4-5-7-18(17)22(3)21(20)12-10-16-14-15(11-13-23)8-9-19(16)24-21/h4-10,12,14,23H,11,13H2,1-3H3. The van der Waals surface area contributed by atoms with Gasteiger partial charge in [0.05, 0.1) is 5.41 Å². The van der Waals surface area contributed by atoms with Gasteiger partial charge in [-0.3, -0.25) is 0 Å². The Kier molecular flexibility index (Phi) is 3.26. The molecule has 1 atom stereocenters. The van der Waals surface area contributed by atoms with Gasteiger partial charge in [0.1, 0.15) is 5.75 Å². The molecule has 2 heterocycles. The van der Waals surface area contributed by atoms with Crippen LogP contribution in [-0.4, -0.2) is 24.5 Å². The number of likely N-dealkylation sites (N-methyl/N-ethyl adjacent to an activating group) is 1. The van der Waals surface area contributed by atoms with Gasteiger partial charge < -0.3 is 14.7 Å². The van der Waals surface area contributed by atoms with E-state index in [1.807, 2.05) is 12.1 Å². The van der Waals surface area contributed by atoms with E-state index in [1.54, 1.807) is 0 Å². The molecule has 3 nitrogen and oxygen atoms in total. The molecular formula is C21H23NO2. The van der Waals surface area contributed by atoms with Crippen molar-refractivity contribution in [1.29, 1.82) is 0 Å². The van der Waals surface area contributed by atoms with E-state index >= 15 is 0 Å². The number of hydrogen-bond donors (Lipinski definition) is 1. The smallest absolute Gasteiger partial charge is 0.211 e. The lowest BCUT2D eigenvalue weighted by molar-refractivity contribution is 0.0581. The van der Waals surface area contributed by atoms with Gasteiger partial charge in [0, 0.05) is 24.9 Å². The SMILES string of the molecule is CN1c2ccccc2C(C)(C)C12C=Cc1cc(CCO)ccc1O2. The third kappa shape index (κ3) is 1.88. The second kappa shape index (κ2) is 5.12. The number of ether oxygens (including phenoxy) is 1. The van der Waals surface area contributed by atoms with Crippen molar-refractivity contribution in [3.8, 4) is 5.75 Å². The quantitative estimate of drug-likeness (QED) is 0.914. The van der Waals surface area contributed by atoms with Gasteiger partial charge >= 0.3 is 0 Å². The first-order valence-electron chi connectivity index (χ1n) is 8.45. The third-order valence-electron chi connectivity index (χ3n) is 5.56. The molecule has 0 saturated carbocycles. The summed E-state index contributed by atoms with van der Waals surface area (Å²) in [5.74, 6) is 0.895. The van der Waals surface area contributed by atoms with Crippen LogP contribution in [0.4, 0.5) is 5.69 Å². The maximum atomic E-state index is 9.14. The van der Waals surface area contributed by atoms with Gasteiger partial charge in [-0.25, -0.2) is 0 Å². The zero-order valence-electron chi connectivity index (χ0n) is 14.4. The van der Waals surface area contributed by atoms with Gasteiger partial charge in [-0.2, -0.15) is 0 Å². The predicted molar refractivity (Wildman–Crippen MR) is 97.5 cm³/mol. The largest absolute Gasteiger partial charge is 0.463 e. The molecule has 24 heavy (non-hydrogen) atoms. The van der Waals surface area contributed by atoms with Crippen LogP contribution in [0.5, 0.6) is 5.75 Å². The number of anilines is 1. The molecule has 0 bridgehead atoms. The van der Waals surface area contributed by atoms with Crippen LogP contribution in [0.1, 0.15) is 30.5 Å². The van der Waals surface area contributed by atoms with E-state index in [1.165, 1.54) is 11.3 Å². The first-order chi connectivity index (χ1) is 11.5. The molecule has 1 spiro atoms. The maximum Gasteiger partial charge on any atom is 0.211 e. The molecule has 2 aliphatic rings. The molecule has 1 N–H and O–H groups in total. The van der Waals surface area contributed by atoms with Gasteiger partial charge in [0.15, 0.2) is 0 Å². The van der Waals surface area contributed by atoms with E-state index in [2.05, 4.69) is 68.3 Å². The summed E-state index contributed by atoms with van der Waals surface area (Å²) in [5.41, 5.74) is 4.03. The van der Waals surface area contributed by atoms with Crippen LogP contribution < -0.4 is 9.64 Å². The normalized spacial score (nSPS) is 23.1. The van der Waals surface area contributed by atoms with Gasteiger partial charge in [0.25, 0.3) is 0 Å². The number of hydrogen-bond acceptors (Lipinski definition) is 3. The average molecular weight is 321 g/mol. The highest BCUT2D eigenvalue weighted by Gasteiger charge is 2.57. The number of rotatable bonds is 2. The molecule has 2 aromatic carbocycles. The topological polar surface area (TPSA) is 32.7 Å². The summed E-state index contributed by atoms with van der Waals surface area (Å²) in [4.78, 5) is 2.24. The first kappa shape index (κ1) is 15.3. The molecule has 0 radical (unpaired) electrons. The van der Waals surface area contributed by atoms with Gasteiger partial charge in [-0.05, 0) is 61.7 Å². The molecule has 2 aromatic rings. The minimum Gasteiger partial charge on any atom is -0.463 e. The van der Waals surface area contributed by atoms with Crippen molar-refractivity contribution in [2.24, 2.45) is 0 Å². The fourth-order valence-electron chi connectivity index (χ4n) is 4.11. The number of aliphatic hydroxyl groups is 1. The highest BCUT2D eigenvalue weighted by molar-refractivity contribution is 5.72. The van der Waals surface area contributed by atoms with Gasteiger partial charge in [-0.15, -0.1) is 0 Å². The zero-order chi connectivity index (χ0) is 16.9. The summed E-state index contributed by atoms with van der Waals surface area (Å²) >= 11 is 0. The fraction of sp³-hybridized carbons (Fsp3) is 0.333. The molecular weight excluding hydrogens is 298 g/mol. The molecule has 124 valence electrons. The van der Waals surface area contributed by atoms with Crippen LogP contribution in [-0.2, 0) is 11.8 Å². The van der Waals surface area contributed by atoms with E-state index in [9.17, 15) is 0 Å². The Labute approximate surface area is 143 Å². The molecule has 3 heteroatoms. The van der Waals surface area contributed by atoms with Crippen molar-refractivity contribution >= 4 is 11.8 Å². The minimum atomic E-state index is -0.526. The molecule has 4 rings (SSSR count). The van der Waals surface area contributed by atoms with E-state index in [0.717, 1.165) is 16.9 Å². The number of aliphatic hydroxyl groups excluding tert-OH is 1. The third-order valence-corrected chi connectivity index (χ3v) is 5.56. The number of fused-ring (bicyclic) bond motifs is 2. The van der Waals surface area contributed by atoms with Crippen molar-refractivity contribution in [3.05, 3.63) is 65.2 Å². The second-order valence-corrected chi connectivity index (χ2v) is 7.18. The highest BCUT2D eigenvalue weighted by Crippen LogP contribution is 2.54. The first-order valence-corrected chi connectivity index (χ1v) is 8.45. The van der Waals surface area contributed by atoms with E-state index < -0.39 is 5.72 Å². The second-order valence-electron chi connectivity index (χ2n) is 7.18. The Morgan fingerprint density at radius 3 is 2.67 bits per heavy atom. The number of para-hydroxylation sites is 1. The van der Waals surface area contributed by atoms with Crippen molar-refractivity contribution < 1.29 is 9.84 Å². The van der Waals surface area contributed by atoms with Crippen molar-refractivity contribution in [1.82, 2.24) is 0 Å². The summed E-state index contributed by atoms with van der Waals surface area (Å²) in [6, 6.07) is 14.7. The maximum absolute atomic E-state index is 9.14. The highest BCUT2D eigenvalue weighted by atomic mass is 16.5. The molecule has 1 unspecified atom stereocenters. The molecule has 0 aliphatic carbocycles. The summed E-state index contributed by atoms with van der Waals surface area (Å²) in [6.45, 7) is 4.65. The average Bonchev–Trinajstić information content (AvgIpc) is 2.75. The van der Waals surface area contributed by atoms with E-state index in [-0.39, 0.29) is 12.0 Å². The van der Waals surface area contributed by atoms with Gasteiger partial charge in [-0.1, -0.05) is 24.3 Å². The number of benzene rings is 2. The summed E-state index contributed by atoms with van der Waals surface area (Å²) < 4.78 is 6.60. The fourth-order valence-corrected chi connectivity index (χ4v) is 4.11. The predicted octanol–water partition coefficient (Wildman–Crippen LogP) is 3.75. The van der Waals surface area contributed by atoms with Crippen LogP contribution in [0.15, 0.2) is 48.5 Å². The van der Waals surface area contributed by atoms with Crippen molar-refractivity contribution in [2.45, 2.75) is 31.4 Å². The lowest BCUT2D eigenvalue weighted by atomic mass is 9.76. The minimum absolute atomic E-state index is 0.165. The molecule has 0 amide bonds. The van der Waals surface area contributed by atoms with Crippen molar-refractivity contribution in [2.75, 3.05) is 18.6 Å². The molecule has 0 aromatic heterocycles. The molecule has 2 aliphatic heterocycles. The van der Waals surface area contributed by atoms with Crippen LogP contribution >= 0.6 is 0 Å². The van der Waals surface area contributed by atoms with E-state index in [4.69, 9.17) is 9.84 Å². The van der Waals surface area contributed by atoms with Crippen LogP contribution in [0.25, 0.3) is 6.08 Å². The molecule has 0 fully saturated rings. The van der Waals surface area contributed by atoms with Gasteiger partial charge in [0.2, 0.25) is 5.72 Å². The van der Waals surface area contributed by atoms with E-state index in [0.29, 0.717) is 6.42 Å².